The molecule has 0 unspecified atom stereocenters. The first kappa shape index (κ1) is 17.4. The van der Waals surface area contributed by atoms with Crippen LogP contribution in [0.5, 0.6) is 5.75 Å². The van der Waals surface area contributed by atoms with Crippen molar-refractivity contribution in [3.63, 3.8) is 0 Å². The molecule has 0 fully saturated rings. The summed E-state index contributed by atoms with van der Waals surface area (Å²) in [6, 6.07) is 5.99. The molecule has 0 saturated carbocycles. The first-order valence-corrected chi connectivity index (χ1v) is 7.36. The number of halogens is 1. The fourth-order valence-corrected chi connectivity index (χ4v) is 2.10. The number of methoxy groups -OCH3 is 1. The monoisotopic (exact) mass is 347 g/mol. The molecule has 5 nitrogen and oxygen atoms in total. The van der Waals surface area contributed by atoms with Crippen LogP contribution < -0.4 is 10.1 Å². The Hall–Kier alpha value is -0.660. The summed E-state index contributed by atoms with van der Waals surface area (Å²) >= 11 is 3.49. The van der Waals surface area contributed by atoms with E-state index in [4.69, 9.17) is 19.3 Å². The topological polar surface area (TPSA) is 60.0 Å². The lowest BCUT2D eigenvalue weighted by Crippen LogP contribution is -2.18. The van der Waals surface area contributed by atoms with Crippen LogP contribution in [0, 0.1) is 0 Å². The third-order valence-electron chi connectivity index (χ3n) is 2.53. The molecule has 0 aliphatic carbocycles. The maximum atomic E-state index is 8.57. The van der Waals surface area contributed by atoms with Gasteiger partial charge in [0.2, 0.25) is 0 Å². The summed E-state index contributed by atoms with van der Waals surface area (Å²) in [4.78, 5) is 0. The number of hydrogen-bond donors (Lipinski definition) is 2. The van der Waals surface area contributed by atoms with Crippen LogP contribution in [0.1, 0.15) is 5.56 Å². The van der Waals surface area contributed by atoms with E-state index < -0.39 is 0 Å². The Morgan fingerprint density at radius 1 is 1.20 bits per heavy atom. The molecule has 0 aromatic heterocycles. The van der Waals surface area contributed by atoms with Crippen molar-refractivity contribution >= 4 is 15.9 Å². The van der Waals surface area contributed by atoms with Crippen molar-refractivity contribution < 1.29 is 19.3 Å². The van der Waals surface area contributed by atoms with Gasteiger partial charge < -0.3 is 24.6 Å². The Labute approximate surface area is 128 Å². The summed E-state index contributed by atoms with van der Waals surface area (Å²) in [5.41, 5.74) is 1.18. The lowest BCUT2D eigenvalue weighted by atomic mass is 10.2. The molecule has 114 valence electrons. The van der Waals surface area contributed by atoms with E-state index in [9.17, 15) is 0 Å². The van der Waals surface area contributed by atoms with E-state index in [1.807, 2.05) is 18.2 Å². The molecule has 1 rings (SSSR count). The van der Waals surface area contributed by atoms with Crippen LogP contribution in [0.15, 0.2) is 22.7 Å². The molecule has 1 aromatic carbocycles. The third-order valence-corrected chi connectivity index (χ3v) is 3.15. The standard InChI is InChI=1S/C14H22BrNO4/c1-18-6-4-16-11-12-2-3-14(13(15)10-12)20-9-8-19-7-5-17/h2-3,10,16-17H,4-9,11H2,1H3. The lowest BCUT2D eigenvalue weighted by molar-refractivity contribution is 0.0703. The third kappa shape index (κ3) is 7.21. The molecule has 0 amide bonds. The molecule has 0 heterocycles. The van der Waals surface area contributed by atoms with Crippen molar-refractivity contribution in [2.45, 2.75) is 6.54 Å². The van der Waals surface area contributed by atoms with Gasteiger partial charge in [0.15, 0.2) is 0 Å². The van der Waals surface area contributed by atoms with E-state index in [-0.39, 0.29) is 6.61 Å². The molecule has 0 aliphatic rings. The molecular formula is C14H22BrNO4. The van der Waals surface area contributed by atoms with Crippen LogP contribution in [0.3, 0.4) is 0 Å². The normalized spacial score (nSPS) is 10.8. The van der Waals surface area contributed by atoms with Gasteiger partial charge in [-0.3, -0.25) is 0 Å². The number of aliphatic hydroxyl groups is 1. The van der Waals surface area contributed by atoms with Crippen molar-refractivity contribution in [2.75, 3.05) is 46.7 Å². The molecule has 0 saturated heterocycles. The summed E-state index contributed by atoms with van der Waals surface area (Å²) in [7, 11) is 1.69. The first-order chi connectivity index (χ1) is 9.77. The van der Waals surface area contributed by atoms with Crippen molar-refractivity contribution in [2.24, 2.45) is 0 Å². The average molecular weight is 348 g/mol. The molecule has 0 spiro atoms. The molecule has 20 heavy (non-hydrogen) atoms. The van der Waals surface area contributed by atoms with Gasteiger partial charge in [-0.05, 0) is 33.6 Å². The highest BCUT2D eigenvalue weighted by Gasteiger charge is 2.03. The SMILES string of the molecule is COCCNCc1ccc(OCCOCCO)c(Br)c1. The largest absolute Gasteiger partial charge is 0.490 e. The van der Waals surface area contributed by atoms with Crippen molar-refractivity contribution in [1.29, 1.82) is 0 Å². The fraction of sp³-hybridized carbons (Fsp3) is 0.571. The molecule has 1 aromatic rings. The van der Waals surface area contributed by atoms with Crippen LogP contribution >= 0.6 is 15.9 Å². The Kier molecular flexibility index (Phi) is 9.61. The Morgan fingerprint density at radius 2 is 2.05 bits per heavy atom. The predicted molar refractivity (Wildman–Crippen MR) is 81.1 cm³/mol. The van der Waals surface area contributed by atoms with E-state index >= 15 is 0 Å². The van der Waals surface area contributed by atoms with Gasteiger partial charge in [0.05, 0.1) is 30.9 Å². The maximum absolute atomic E-state index is 8.57. The molecule has 0 atom stereocenters. The van der Waals surface area contributed by atoms with Gasteiger partial charge in [0.25, 0.3) is 0 Å². The fourth-order valence-electron chi connectivity index (χ4n) is 1.56. The molecule has 6 heteroatoms. The van der Waals surface area contributed by atoms with E-state index in [1.54, 1.807) is 7.11 Å². The van der Waals surface area contributed by atoms with Gasteiger partial charge in [-0.25, -0.2) is 0 Å². The van der Waals surface area contributed by atoms with Gasteiger partial charge in [-0.1, -0.05) is 6.07 Å². The minimum Gasteiger partial charge on any atom is -0.490 e. The molecular weight excluding hydrogens is 326 g/mol. The van der Waals surface area contributed by atoms with E-state index in [0.717, 1.165) is 23.3 Å². The van der Waals surface area contributed by atoms with Gasteiger partial charge in [-0.15, -0.1) is 0 Å². The molecule has 0 bridgehead atoms. The zero-order valence-corrected chi connectivity index (χ0v) is 13.3. The maximum Gasteiger partial charge on any atom is 0.133 e. The zero-order chi connectivity index (χ0) is 14.6. The van der Waals surface area contributed by atoms with Gasteiger partial charge in [0, 0.05) is 20.2 Å². The summed E-state index contributed by atoms with van der Waals surface area (Å²) < 4.78 is 16.6. The van der Waals surface area contributed by atoms with Crippen LogP contribution in [0.2, 0.25) is 0 Å². The summed E-state index contributed by atoms with van der Waals surface area (Å²) in [5.74, 6) is 0.790. The second kappa shape index (κ2) is 11.0. The van der Waals surface area contributed by atoms with Crippen LogP contribution in [0.4, 0.5) is 0 Å². The minimum absolute atomic E-state index is 0.0362. The quantitative estimate of drug-likeness (QED) is 0.595. The van der Waals surface area contributed by atoms with Crippen LogP contribution in [-0.2, 0) is 16.0 Å². The molecule has 0 radical (unpaired) electrons. The summed E-state index contributed by atoms with van der Waals surface area (Å²) in [5, 5.41) is 11.9. The van der Waals surface area contributed by atoms with E-state index in [2.05, 4.69) is 21.2 Å². The number of ether oxygens (including phenoxy) is 3. The smallest absolute Gasteiger partial charge is 0.133 e. The predicted octanol–water partition coefficient (Wildman–Crippen LogP) is 1.57. The number of nitrogens with one attached hydrogen (secondary N) is 1. The number of aliphatic hydroxyl groups excluding tert-OH is 1. The van der Waals surface area contributed by atoms with Crippen molar-refractivity contribution in [1.82, 2.24) is 5.32 Å². The van der Waals surface area contributed by atoms with Crippen LogP contribution in [0.25, 0.3) is 0 Å². The van der Waals surface area contributed by atoms with Crippen molar-refractivity contribution in [3.05, 3.63) is 28.2 Å². The highest BCUT2D eigenvalue weighted by molar-refractivity contribution is 9.10. The van der Waals surface area contributed by atoms with Crippen LogP contribution in [-0.4, -0.2) is 51.8 Å². The minimum atomic E-state index is 0.0362. The number of hydrogen-bond acceptors (Lipinski definition) is 5. The highest BCUT2D eigenvalue weighted by atomic mass is 79.9. The zero-order valence-electron chi connectivity index (χ0n) is 11.7. The summed E-state index contributed by atoms with van der Waals surface area (Å²) in [6.07, 6.45) is 0. The Balaban J connectivity index is 2.31. The first-order valence-electron chi connectivity index (χ1n) is 6.57. The number of benzene rings is 1. The number of rotatable bonds is 11. The second-order valence-corrected chi connectivity index (χ2v) is 4.97. The second-order valence-electron chi connectivity index (χ2n) is 4.12. The van der Waals surface area contributed by atoms with E-state index in [1.165, 1.54) is 5.56 Å². The molecule has 2 N–H and O–H groups in total. The van der Waals surface area contributed by atoms with Gasteiger partial charge >= 0.3 is 0 Å². The lowest BCUT2D eigenvalue weighted by Gasteiger charge is -2.10. The average Bonchev–Trinajstić information content (AvgIpc) is 2.45. The molecule has 0 aliphatic heterocycles. The Bertz CT molecular complexity index is 376. The highest BCUT2D eigenvalue weighted by Crippen LogP contribution is 2.25. The Morgan fingerprint density at radius 3 is 2.75 bits per heavy atom. The van der Waals surface area contributed by atoms with Gasteiger partial charge in [0.1, 0.15) is 12.4 Å². The van der Waals surface area contributed by atoms with E-state index in [0.29, 0.717) is 26.4 Å². The summed E-state index contributed by atoms with van der Waals surface area (Å²) in [6.45, 7) is 3.63. The van der Waals surface area contributed by atoms with Crippen molar-refractivity contribution in [3.8, 4) is 5.75 Å². The van der Waals surface area contributed by atoms with Gasteiger partial charge in [-0.2, -0.15) is 0 Å².